The molecule has 0 atom stereocenters. The number of benzene rings is 2. The molecule has 0 unspecified atom stereocenters. The topological polar surface area (TPSA) is 96.6 Å². The molecule has 0 bridgehead atoms. The number of nitro benzene ring substituents is 1. The van der Waals surface area contributed by atoms with Gasteiger partial charge in [-0.15, -0.1) is 0 Å². The molecule has 2 aromatic rings. The van der Waals surface area contributed by atoms with Crippen molar-refractivity contribution < 1.29 is 14.1 Å². The number of nitrogens with zero attached hydrogens (tertiary/aromatic N) is 2. The van der Waals surface area contributed by atoms with E-state index in [2.05, 4.69) is 15.8 Å². The number of non-ortho nitro benzene ring substituents is 1. The molecule has 23 heavy (non-hydrogen) atoms. The van der Waals surface area contributed by atoms with Gasteiger partial charge in [-0.2, -0.15) is 5.10 Å². The SMILES string of the molecule is O=C(CNc1ccc(F)cc1)N/N=C/c1ccc([N+](=O)[O-])cc1. The van der Waals surface area contributed by atoms with Crippen LogP contribution < -0.4 is 10.7 Å². The first-order valence-corrected chi connectivity index (χ1v) is 6.60. The number of rotatable bonds is 6. The molecule has 7 nitrogen and oxygen atoms in total. The van der Waals surface area contributed by atoms with E-state index in [9.17, 15) is 19.3 Å². The summed E-state index contributed by atoms with van der Waals surface area (Å²) >= 11 is 0. The van der Waals surface area contributed by atoms with E-state index >= 15 is 0 Å². The predicted molar refractivity (Wildman–Crippen MR) is 83.7 cm³/mol. The molecule has 0 aromatic heterocycles. The van der Waals surface area contributed by atoms with E-state index in [0.29, 0.717) is 11.3 Å². The number of amides is 1. The van der Waals surface area contributed by atoms with E-state index in [-0.39, 0.29) is 24.0 Å². The molecular weight excluding hydrogens is 303 g/mol. The zero-order valence-corrected chi connectivity index (χ0v) is 11.9. The fraction of sp³-hybridized carbons (Fsp3) is 0.0667. The lowest BCUT2D eigenvalue weighted by Crippen LogP contribution is -2.25. The van der Waals surface area contributed by atoms with Gasteiger partial charge < -0.3 is 5.32 Å². The molecule has 0 saturated heterocycles. The second-order valence-corrected chi connectivity index (χ2v) is 4.50. The van der Waals surface area contributed by atoms with Gasteiger partial charge in [0.2, 0.25) is 0 Å². The Morgan fingerprint density at radius 2 is 1.83 bits per heavy atom. The first-order chi connectivity index (χ1) is 11.0. The van der Waals surface area contributed by atoms with Gasteiger partial charge in [-0.3, -0.25) is 14.9 Å². The van der Waals surface area contributed by atoms with Crippen LogP contribution in [0.4, 0.5) is 15.8 Å². The molecule has 1 amide bonds. The molecular formula is C15H13FN4O3. The zero-order valence-electron chi connectivity index (χ0n) is 11.9. The lowest BCUT2D eigenvalue weighted by molar-refractivity contribution is -0.384. The van der Waals surface area contributed by atoms with Gasteiger partial charge in [-0.1, -0.05) is 0 Å². The van der Waals surface area contributed by atoms with E-state index in [0.717, 1.165) is 0 Å². The quantitative estimate of drug-likeness (QED) is 0.485. The summed E-state index contributed by atoms with van der Waals surface area (Å²) in [7, 11) is 0. The highest BCUT2D eigenvalue weighted by atomic mass is 19.1. The van der Waals surface area contributed by atoms with Crippen molar-refractivity contribution in [2.75, 3.05) is 11.9 Å². The molecule has 0 fully saturated rings. The summed E-state index contributed by atoms with van der Waals surface area (Å²) < 4.78 is 12.7. The minimum Gasteiger partial charge on any atom is -0.376 e. The number of hydrogen-bond acceptors (Lipinski definition) is 5. The van der Waals surface area contributed by atoms with E-state index < -0.39 is 4.92 Å². The molecule has 0 radical (unpaired) electrons. The van der Waals surface area contributed by atoms with Crippen molar-refractivity contribution in [3.63, 3.8) is 0 Å². The number of carbonyl (C=O) groups is 1. The second-order valence-electron chi connectivity index (χ2n) is 4.50. The van der Waals surface area contributed by atoms with E-state index in [1.54, 1.807) is 0 Å². The lowest BCUT2D eigenvalue weighted by atomic mass is 10.2. The van der Waals surface area contributed by atoms with Crippen LogP contribution in [0.5, 0.6) is 0 Å². The molecule has 0 spiro atoms. The van der Waals surface area contributed by atoms with Crippen molar-refractivity contribution in [1.82, 2.24) is 5.43 Å². The average Bonchev–Trinajstić information content (AvgIpc) is 2.55. The maximum absolute atomic E-state index is 12.7. The van der Waals surface area contributed by atoms with Gasteiger partial charge in [0.1, 0.15) is 5.82 Å². The minimum atomic E-state index is -0.496. The van der Waals surface area contributed by atoms with Gasteiger partial charge >= 0.3 is 0 Å². The Balaban J connectivity index is 1.79. The van der Waals surface area contributed by atoms with Crippen LogP contribution in [0.25, 0.3) is 0 Å². The Kier molecular flexibility index (Phi) is 5.35. The number of halogens is 1. The van der Waals surface area contributed by atoms with Crippen LogP contribution in [0, 0.1) is 15.9 Å². The van der Waals surface area contributed by atoms with Gasteiger partial charge in [0.05, 0.1) is 17.7 Å². The third-order valence-corrected chi connectivity index (χ3v) is 2.80. The Morgan fingerprint density at radius 1 is 1.17 bits per heavy atom. The maximum Gasteiger partial charge on any atom is 0.269 e. The standard InChI is InChI=1S/C15H13FN4O3/c16-12-3-5-13(6-4-12)17-10-15(21)19-18-9-11-1-7-14(8-2-11)20(22)23/h1-9,17H,10H2,(H,19,21)/b18-9+. The molecule has 0 heterocycles. The number of anilines is 1. The molecule has 8 heteroatoms. The van der Waals surface area contributed by atoms with Gasteiger partial charge in [0, 0.05) is 17.8 Å². The van der Waals surface area contributed by atoms with Gasteiger partial charge in [0.25, 0.3) is 11.6 Å². The van der Waals surface area contributed by atoms with Crippen molar-refractivity contribution in [1.29, 1.82) is 0 Å². The number of carbonyl (C=O) groups excluding carboxylic acids is 1. The number of nitrogens with one attached hydrogen (secondary N) is 2. The third kappa shape index (κ3) is 5.20. The summed E-state index contributed by atoms with van der Waals surface area (Å²) in [5.74, 6) is -0.736. The molecule has 0 aliphatic rings. The molecule has 2 N–H and O–H groups in total. The summed E-state index contributed by atoms with van der Waals surface area (Å²) in [6, 6.07) is 11.3. The molecule has 0 aliphatic carbocycles. The van der Waals surface area contributed by atoms with Crippen molar-refractivity contribution in [2.45, 2.75) is 0 Å². The Bertz CT molecular complexity index is 715. The summed E-state index contributed by atoms with van der Waals surface area (Å²) in [4.78, 5) is 21.6. The van der Waals surface area contributed by atoms with Crippen LogP contribution in [0.3, 0.4) is 0 Å². The van der Waals surface area contributed by atoms with Crippen LogP contribution in [-0.2, 0) is 4.79 Å². The fourth-order valence-corrected chi connectivity index (χ4v) is 1.65. The molecule has 2 aromatic carbocycles. The number of hydrogen-bond donors (Lipinski definition) is 2. The highest BCUT2D eigenvalue weighted by molar-refractivity contribution is 5.84. The minimum absolute atomic E-state index is 0.0188. The normalized spacial score (nSPS) is 10.5. The monoisotopic (exact) mass is 316 g/mol. The van der Waals surface area contributed by atoms with E-state index in [1.807, 2.05) is 0 Å². The van der Waals surface area contributed by atoms with Crippen molar-refractivity contribution >= 4 is 23.5 Å². The number of nitro groups is 1. The number of hydrazone groups is 1. The zero-order chi connectivity index (χ0) is 16.7. The summed E-state index contributed by atoms with van der Waals surface area (Å²) in [6.07, 6.45) is 1.37. The lowest BCUT2D eigenvalue weighted by Gasteiger charge is -2.04. The Morgan fingerprint density at radius 3 is 2.43 bits per heavy atom. The van der Waals surface area contributed by atoms with Crippen molar-refractivity contribution in [2.24, 2.45) is 5.10 Å². The highest BCUT2D eigenvalue weighted by Gasteiger charge is 2.03. The first kappa shape index (κ1) is 16.1. The third-order valence-electron chi connectivity index (χ3n) is 2.80. The molecule has 0 saturated carbocycles. The van der Waals surface area contributed by atoms with Crippen LogP contribution in [0.15, 0.2) is 53.6 Å². The Hall–Kier alpha value is -3.29. The van der Waals surface area contributed by atoms with Gasteiger partial charge in [-0.05, 0) is 42.0 Å². The van der Waals surface area contributed by atoms with Crippen molar-refractivity contribution in [3.8, 4) is 0 Å². The predicted octanol–water partition coefficient (Wildman–Crippen LogP) is 2.30. The van der Waals surface area contributed by atoms with Crippen LogP contribution in [0.2, 0.25) is 0 Å². The smallest absolute Gasteiger partial charge is 0.269 e. The average molecular weight is 316 g/mol. The fourth-order valence-electron chi connectivity index (χ4n) is 1.65. The van der Waals surface area contributed by atoms with E-state index in [1.165, 1.54) is 54.7 Å². The van der Waals surface area contributed by atoms with Crippen LogP contribution in [-0.4, -0.2) is 23.6 Å². The first-order valence-electron chi connectivity index (χ1n) is 6.60. The van der Waals surface area contributed by atoms with E-state index in [4.69, 9.17) is 0 Å². The summed E-state index contributed by atoms with van der Waals surface area (Å²) in [5, 5.41) is 17.1. The van der Waals surface area contributed by atoms with Crippen molar-refractivity contribution in [3.05, 3.63) is 70.0 Å². The molecule has 118 valence electrons. The summed E-state index contributed by atoms with van der Waals surface area (Å²) in [5.41, 5.74) is 3.52. The van der Waals surface area contributed by atoms with Crippen LogP contribution >= 0.6 is 0 Å². The largest absolute Gasteiger partial charge is 0.376 e. The maximum atomic E-state index is 12.7. The Labute approximate surface area is 131 Å². The molecule has 0 aliphatic heterocycles. The highest BCUT2D eigenvalue weighted by Crippen LogP contribution is 2.10. The van der Waals surface area contributed by atoms with Crippen LogP contribution in [0.1, 0.15) is 5.56 Å². The van der Waals surface area contributed by atoms with Gasteiger partial charge in [-0.25, -0.2) is 9.82 Å². The second kappa shape index (κ2) is 7.64. The summed E-state index contributed by atoms with van der Waals surface area (Å²) in [6.45, 7) is -0.0246. The van der Waals surface area contributed by atoms with Gasteiger partial charge in [0.15, 0.2) is 0 Å². The molecule has 2 rings (SSSR count).